The van der Waals surface area contributed by atoms with Gasteiger partial charge in [0.2, 0.25) is 5.91 Å². The summed E-state index contributed by atoms with van der Waals surface area (Å²) in [4.78, 5) is 45.6. The van der Waals surface area contributed by atoms with Crippen LogP contribution in [0.5, 0.6) is 0 Å². The predicted octanol–water partition coefficient (Wildman–Crippen LogP) is -1.04. The zero-order valence-electron chi connectivity index (χ0n) is 16.3. The van der Waals surface area contributed by atoms with Gasteiger partial charge in [0.15, 0.2) is 0 Å². The Bertz CT molecular complexity index is 548. The van der Waals surface area contributed by atoms with E-state index in [4.69, 9.17) is 24.1 Å². The predicted molar refractivity (Wildman–Crippen MR) is 99.0 cm³/mol. The van der Waals surface area contributed by atoms with Crippen molar-refractivity contribution in [2.24, 2.45) is 0 Å². The van der Waals surface area contributed by atoms with Crippen LogP contribution in [-0.2, 0) is 38.1 Å². The molecule has 0 spiro atoms. The van der Waals surface area contributed by atoms with E-state index >= 15 is 0 Å². The Morgan fingerprint density at radius 2 is 1.28 bits per heavy atom. The van der Waals surface area contributed by atoms with Crippen LogP contribution >= 0.6 is 0 Å². The Kier molecular flexibility index (Phi) is 13.3. The second-order valence-corrected chi connectivity index (χ2v) is 5.85. The lowest BCUT2D eigenvalue weighted by molar-refractivity contribution is -0.139. The molecule has 11 nitrogen and oxygen atoms in total. The Balaban J connectivity index is 1.79. The van der Waals surface area contributed by atoms with Crippen LogP contribution in [0, 0.1) is 0 Å². The van der Waals surface area contributed by atoms with Gasteiger partial charge in [0.05, 0.1) is 59.3 Å². The number of aliphatic carboxylic acids is 1. The highest BCUT2D eigenvalue weighted by atomic mass is 16.6. The van der Waals surface area contributed by atoms with Gasteiger partial charge in [-0.2, -0.15) is 0 Å². The maximum absolute atomic E-state index is 11.7. The lowest BCUT2D eigenvalue weighted by Gasteiger charge is -2.13. The van der Waals surface area contributed by atoms with Crippen LogP contribution in [0.25, 0.3) is 0 Å². The third-order valence-electron chi connectivity index (χ3n) is 3.61. The van der Waals surface area contributed by atoms with Crippen molar-refractivity contribution in [3.63, 3.8) is 0 Å². The van der Waals surface area contributed by atoms with Gasteiger partial charge in [-0.1, -0.05) is 0 Å². The summed E-state index contributed by atoms with van der Waals surface area (Å²) in [6, 6.07) is 0. The summed E-state index contributed by atoms with van der Waals surface area (Å²) < 4.78 is 20.9. The first-order chi connectivity index (χ1) is 14.0. The normalized spacial score (nSPS) is 13.3. The molecule has 0 saturated heterocycles. The van der Waals surface area contributed by atoms with Crippen molar-refractivity contribution in [2.45, 2.75) is 12.8 Å². The zero-order chi connectivity index (χ0) is 21.3. The summed E-state index contributed by atoms with van der Waals surface area (Å²) in [5.74, 6) is -1.96. The molecule has 0 bridgehead atoms. The number of ether oxygens (including phenoxy) is 4. The Morgan fingerprint density at radius 1 is 0.793 bits per heavy atom. The summed E-state index contributed by atoms with van der Waals surface area (Å²) in [5.41, 5.74) is 0. The Hall–Kier alpha value is -2.34. The minimum absolute atomic E-state index is 0.0227. The summed E-state index contributed by atoms with van der Waals surface area (Å²) >= 11 is 0. The summed E-state index contributed by atoms with van der Waals surface area (Å²) in [6.45, 7) is 3.14. The first-order valence-corrected chi connectivity index (χ1v) is 9.33. The topological polar surface area (TPSA) is 141 Å². The van der Waals surface area contributed by atoms with Gasteiger partial charge >= 0.3 is 5.97 Å². The number of carboxylic acids is 1. The van der Waals surface area contributed by atoms with Crippen LogP contribution in [0.15, 0.2) is 12.2 Å². The molecule has 1 heterocycles. The van der Waals surface area contributed by atoms with Crippen molar-refractivity contribution >= 4 is 23.7 Å². The fourth-order valence-electron chi connectivity index (χ4n) is 2.14. The van der Waals surface area contributed by atoms with Gasteiger partial charge in [-0.25, -0.2) is 0 Å². The number of hydrogen-bond donors (Lipinski definition) is 2. The maximum Gasteiger partial charge on any atom is 0.305 e. The third-order valence-corrected chi connectivity index (χ3v) is 3.61. The quantitative estimate of drug-likeness (QED) is 0.212. The summed E-state index contributed by atoms with van der Waals surface area (Å²) in [7, 11) is 0. The van der Waals surface area contributed by atoms with Crippen LogP contribution in [-0.4, -0.2) is 99.6 Å². The monoisotopic (exact) mass is 416 g/mol. The Morgan fingerprint density at radius 3 is 1.79 bits per heavy atom. The molecular weight excluding hydrogens is 388 g/mol. The maximum atomic E-state index is 11.7. The number of nitrogens with one attached hydrogen (secondary N) is 1. The van der Waals surface area contributed by atoms with Gasteiger partial charge in [-0.05, 0) is 0 Å². The number of amides is 3. The molecular formula is C18H28N2O9. The number of carbonyl (C=O) groups excluding carboxylic acids is 3. The van der Waals surface area contributed by atoms with Gasteiger partial charge in [0, 0.05) is 31.7 Å². The van der Waals surface area contributed by atoms with E-state index in [2.05, 4.69) is 5.32 Å². The standard InChI is InChI=1S/C18H28N2O9/c21-15(3-6-20-16(22)1-2-17(20)23)19-5-8-27-10-12-29-14-13-28-11-9-26-7-4-18(24)25/h1-2H,3-14H2,(H,19,21)(H,24,25). The van der Waals surface area contributed by atoms with E-state index in [0.29, 0.717) is 52.8 Å². The van der Waals surface area contributed by atoms with Crippen molar-refractivity contribution in [2.75, 3.05) is 65.9 Å². The van der Waals surface area contributed by atoms with E-state index in [9.17, 15) is 19.2 Å². The van der Waals surface area contributed by atoms with Crippen LogP contribution in [0.1, 0.15) is 12.8 Å². The van der Waals surface area contributed by atoms with Crippen molar-refractivity contribution in [3.8, 4) is 0 Å². The van der Waals surface area contributed by atoms with Crippen LogP contribution in [0.4, 0.5) is 0 Å². The Labute approximate surface area is 168 Å². The van der Waals surface area contributed by atoms with Gasteiger partial charge in [0.25, 0.3) is 11.8 Å². The molecule has 0 aromatic carbocycles. The van der Waals surface area contributed by atoms with Gasteiger partial charge < -0.3 is 29.4 Å². The van der Waals surface area contributed by atoms with E-state index in [1.54, 1.807) is 0 Å². The molecule has 1 rings (SSSR count). The largest absolute Gasteiger partial charge is 0.481 e. The fraction of sp³-hybridized carbons (Fsp3) is 0.667. The number of hydrogen-bond acceptors (Lipinski definition) is 8. The summed E-state index contributed by atoms with van der Waals surface area (Å²) in [5, 5.41) is 11.1. The highest BCUT2D eigenvalue weighted by Gasteiger charge is 2.23. The second kappa shape index (κ2) is 15.6. The molecule has 0 unspecified atom stereocenters. The molecule has 29 heavy (non-hydrogen) atoms. The minimum Gasteiger partial charge on any atom is -0.481 e. The van der Waals surface area contributed by atoms with Gasteiger partial charge in [-0.3, -0.25) is 24.1 Å². The molecule has 1 aliphatic rings. The molecule has 0 saturated carbocycles. The van der Waals surface area contributed by atoms with Crippen molar-refractivity contribution in [3.05, 3.63) is 12.2 Å². The first kappa shape index (κ1) is 24.7. The molecule has 2 N–H and O–H groups in total. The van der Waals surface area contributed by atoms with Crippen LogP contribution < -0.4 is 5.32 Å². The van der Waals surface area contributed by atoms with E-state index in [-0.39, 0.29) is 31.9 Å². The average molecular weight is 416 g/mol. The molecule has 0 aromatic heterocycles. The second-order valence-electron chi connectivity index (χ2n) is 5.85. The number of imide groups is 1. The van der Waals surface area contributed by atoms with E-state index in [1.165, 1.54) is 12.2 Å². The smallest absolute Gasteiger partial charge is 0.305 e. The van der Waals surface area contributed by atoms with E-state index < -0.39 is 17.8 Å². The number of nitrogens with zero attached hydrogens (tertiary/aromatic N) is 1. The van der Waals surface area contributed by atoms with Crippen molar-refractivity contribution in [1.82, 2.24) is 10.2 Å². The molecule has 1 aliphatic heterocycles. The molecule has 11 heteroatoms. The average Bonchev–Trinajstić information content (AvgIpc) is 3.00. The van der Waals surface area contributed by atoms with Crippen LogP contribution in [0.2, 0.25) is 0 Å². The SMILES string of the molecule is O=C(O)CCOCCOCCOCCOCCNC(=O)CCN1C(=O)C=CC1=O. The molecule has 0 atom stereocenters. The van der Waals surface area contributed by atoms with Gasteiger partial charge in [0.1, 0.15) is 0 Å². The highest BCUT2D eigenvalue weighted by molar-refractivity contribution is 6.13. The molecule has 3 amide bonds. The molecule has 0 aromatic rings. The van der Waals surface area contributed by atoms with Gasteiger partial charge in [-0.15, -0.1) is 0 Å². The van der Waals surface area contributed by atoms with E-state index in [0.717, 1.165) is 4.90 Å². The lowest BCUT2D eigenvalue weighted by atomic mass is 10.3. The van der Waals surface area contributed by atoms with Crippen molar-refractivity contribution in [1.29, 1.82) is 0 Å². The minimum atomic E-state index is -0.894. The fourth-order valence-corrected chi connectivity index (χ4v) is 2.14. The molecule has 0 fully saturated rings. The number of carbonyl (C=O) groups is 4. The number of carboxylic acid groups (broad SMARTS) is 1. The first-order valence-electron chi connectivity index (χ1n) is 9.33. The molecule has 0 radical (unpaired) electrons. The molecule has 164 valence electrons. The zero-order valence-corrected chi connectivity index (χ0v) is 16.3. The summed E-state index contributed by atoms with van der Waals surface area (Å²) in [6.07, 6.45) is 2.39. The number of rotatable bonds is 18. The van der Waals surface area contributed by atoms with Crippen molar-refractivity contribution < 1.29 is 43.2 Å². The van der Waals surface area contributed by atoms with E-state index in [1.807, 2.05) is 0 Å². The third kappa shape index (κ3) is 12.7. The lowest BCUT2D eigenvalue weighted by Crippen LogP contribution is -2.35. The van der Waals surface area contributed by atoms with Crippen LogP contribution in [0.3, 0.4) is 0 Å². The molecule has 0 aliphatic carbocycles. The highest BCUT2D eigenvalue weighted by Crippen LogP contribution is 2.03.